The zero-order chi connectivity index (χ0) is 19.2. The van der Waals surface area contributed by atoms with Gasteiger partial charge < -0.3 is 30.7 Å². The number of fused-ring (bicyclic) bond motifs is 1. The number of benzene rings is 1. The monoisotopic (exact) mass is 485 g/mol. The molecule has 0 amide bonds. The molecule has 1 saturated heterocycles. The van der Waals surface area contributed by atoms with E-state index in [1.807, 2.05) is 24.3 Å². The summed E-state index contributed by atoms with van der Waals surface area (Å²) in [6.45, 7) is -0.215. The Hall–Kier alpha value is -1.44. The van der Waals surface area contributed by atoms with Crippen LogP contribution < -0.4 is 5.73 Å². The minimum atomic E-state index is -1.19. The second kappa shape index (κ2) is 7.18. The van der Waals surface area contributed by atoms with Gasteiger partial charge in [0.1, 0.15) is 37.0 Å². The van der Waals surface area contributed by atoms with Crippen molar-refractivity contribution < 1.29 is 20.1 Å². The number of nitrogens with zero attached hydrogens (tertiary/aromatic N) is 4. The van der Waals surface area contributed by atoms with Crippen molar-refractivity contribution in [1.82, 2.24) is 4.90 Å². The molecule has 1 aromatic rings. The molecule has 0 aromatic heterocycles. The molecular formula is C17H20IN5O4. The van der Waals surface area contributed by atoms with Crippen molar-refractivity contribution in [1.29, 1.82) is 0 Å². The quantitative estimate of drug-likeness (QED) is 0.408. The Labute approximate surface area is 169 Å². The van der Waals surface area contributed by atoms with Crippen LogP contribution in [0.25, 0.3) is 0 Å². The van der Waals surface area contributed by atoms with E-state index in [-0.39, 0.29) is 6.67 Å². The molecule has 27 heavy (non-hydrogen) atoms. The van der Waals surface area contributed by atoms with Gasteiger partial charge in [0, 0.05) is 9.99 Å². The second-order valence-electron chi connectivity index (χ2n) is 6.78. The molecule has 5 atom stereocenters. The van der Waals surface area contributed by atoms with E-state index < -0.39 is 36.8 Å². The SMILES string of the molecule is NC1(Cc2cccc(I)c2)N=CN=C2C1=NCN2[C@@H]1O[C@H](CO)[C@@H](O)[C@H]1O. The Kier molecular flexibility index (Phi) is 5.03. The third-order valence-corrected chi connectivity index (χ3v) is 5.60. The summed E-state index contributed by atoms with van der Waals surface area (Å²) in [5, 5.41) is 29.6. The fraction of sp³-hybridized carbons (Fsp3) is 0.471. The van der Waals surface area contributed by atoms with Gasteiger partial charge in [0.15, 0.2) is 17.7 Å². The maximum absolute atomic E-state index is 10.3. The Morgan fingerprint density at radius 2 is 2.15 bits per heavy atom. The van der Waals surface area contributed by atoms with Gasteiger partial charge in [0.25, 0.3) is 0 Å². The Balaban J connectivity index is 1.57. The summed E-state index contributed by atoms with van der Waals surface area (Å²) in [7, 11) is 0. The van der Waals surface area contributed by atoms with Crippen LogP contribution >= 0.6 is 22.6 Å². The molecule has 0 saturated carbocycles. The largest absolute Gasteiger partial charge is 0.394 e. The van der Waals surface area contributed by atoms with Crippen molar-refractivity contribution in [2.24, 2.45) is 20.7 Å². The number of rotatable bonds is 4. The molecule has 3 aliphatic heterocycles. The molecule has 1 fully saturated rings. The van der Waals surface area contributed by atoms with E-state index in [9.17, 15) is 15.3 Å². The number of halogens is 1. The van der Waals surface area contributed by atoms with Crippen LogP contribution in [0.4, 0.5) is 0 Å². The summed E-state index contributed by atoms with van der Waals surface area (Å²) < 4.78 is 6.71. The number of hydrogen-bond acceptors (Lipinski definition) is 9. The summed E-state index contributed by atoms with van der Waals surface area (Å²) in [6.07, 6.45) is -2.27. The first kappa shape index (κ1) is 18.9. The number of ether oxygens (including phenoxy) is 1. The maximum Gasteiger partial charge on any atom is 0.162 e. The van der Waals surface area contributed by atoms with Gasteiger partial charge in [-0.3, -0.25) is 4.99 Å². The predicted octanol–water partition coefficient (Wildman–Crippen LogP) is -0.918. The van der Waals surface area contributed by atoms with Crippen LogP contribution in [0, 0.1) is 3.57 Å². The summed E-state index contributed by atoms with van der Waals surface area (Å²) >= 11 is 2.24. The molecule has 144 valence electrons. The molecule has 5 N–H and O–H groups in total. The molecule has 3 aliphatic rings. The van der Waals surface area contributed by atoms with E-state index >= 15 is 0 Å². The van der Waals surface area contributed by atoms with E-state index in [1.165, 1.54) is 6.34 Å². The molecule has 9 nitrogen and oxygen atoms in total. The number of amidine groups is 1. The number of aliphatic imine (C=N–C) groups is 3. The third-order valence-electron chi connectivity index (χ3n) is 4.93. The highest BCUT2D eigenvalue weighted by molar-refractivity contribution is 14.1. The number of aliphatic hydroxyl groups excluding tert-OH is 3. The summed E-state index contributed by atoms with van der Waals surface area (Å²) in [4.78, 5) is 14.8. The molecule has 1 aromatic carbocycles. The summed E-state index contributed by atoms with van der Waals surface area (Å²) in [5.74, 6) is 0.466. The van der Waals surface area contributed by atoms with E-state index in [0.29, 0.717) is 18.0 Å². The van der Waals surface area contributed by atoms with Crippen LogP contribution in [-0.4, -0.2) is 81.6 Å². The van der Waals surface area contributed by atoms with Gasteiger partial charge >= 0.3 is 0 Å². The second-order valence-corrected chi connectivity index (χ2v) is 8.02. The lowest BCUT2D eigenvalue weighted by molar-refractivity contribution is -0.0688. The van der Waals surface area contributed by atoms with Crippen molar-refractivity contribution in [3.63, 3.8) is 0 Å². The van der Waals surface area contributed by atoms with Crippen molar-refractivity contribution in [3.05, 3.63) is 33.4 Å². The highest BCUT2D eigenvalue weighted by Crippen LogP contribution is 2.30. The topological polar surface area (TPSA) is 136 Å². The Morgan fingerprint density at radius 1 is 1.33 bits per heavy atom. The lowest BCUT2D eigenvalue weighted by Gasteiger charge is -2.32. The third kappa shape index (κ3) is 3.30. The lowest BCUT2D eigenvalue weighted by atomic mass is 9.94. The number of hydrogen-bond donors (Lipinski definition) is 4. The summed E-state index contributed by atoms with van der Waals surface area (Å²) in [6, 6.07) is 7.98. The van der Waals surface area contributed by atoms with Crippen LogP contribution in [0.2, 0.25) is 0 Å². The molecule has 1 unspecified atom stereocenters. The Bertz CT molecular complexity index is 831. The lowest BCUT2D eigenvalue weighted by Crippen LogP contribution is -2.56. The van der Waals surface area contributed by atoms with Crippen molar-refractivity contribution >= 4 is 40.5 Å². The molecule has 3 heterocycles. The van der Waals surface area contributed by atoms with Crippen LogP contribution in [0.5, 0.6) is 0 Å². The average molecular weight is 485 g/mol. The van der Waals surface area contributed by atoms with Crippen molar-refractivity contribution in [3.8, 4) is 0 Å². The fourth-order valence-corrected chi connectivity index (χ4v) is 4.17. The highest BCUT2D eigenvalue weighted by atomic mass is 127. The van der Waals surface area contributed by atoms with E-state index in [0.717, 1.165) is 9.13 Å². The Morgan fingerprint density at radius 3 is 2.85 bits per heavy atom. The first-order valence-electron chi connectivity index (χ1n) is 8.52. The van der Waals surface area contributed by atoms with Crippen LogP contribution in [0.1, 0.15) is 5.56 Å². The molecule has 0 bridgehead atoms. The maximum atomic E-state index is 10.3. The van der Waals surface area contributed by atoms with Crippen LogP contribution in [0.15, 0.2) is 39.2 Å². The smallest absolute Gasteiger partial charge is 0.162 e. The first-order valence-corrected chi connectivity index (χ1v) is 9.60. The standard InChI is InChI=1S/C17H20IN5O4/c18-10-3-1-2-9(4-10)5-17(19)14-15(20-7-22-17)23(8-21-14)16-13(26)12(25)11(6-24)27-16/h1-4,7,11-13,16,24-26H,5-6,8,19H2/t11-,12-,13-,16-,17?/m1/s1. The van der Waals surface area contributed by atoms with Crippen LogP contribution in [-0.2, 0) is 11.2 Å². The fourth-order valence-electron chi connectivity index (χ4n) is 3.56. The average Bonchev–Trinajstić information content (AvgIpc) is 3.18. The van der Waals surface area contributed by atoms with Gasteiger partial charge in [-0.15, -0.1) is 0 Å². The van der Waals surface area contributed by atoms with Gasteiger partial charge in [0.2, 0.25) is 0 Å². The predicted molar refractivity (Wildman–Crippen MR) is 108 cm³/mol. The zero-order valence-electron chi connectivity index (χ0n) is 14.3. The van der Waals surface area contributed by atoms with Crippen LogP contribution in [0.3, 0.4) is 0 Å². The van der Waals surface area contributed by atoms with E-state index in [4.69, 9.17) is 10.5 Å². The molecular weight excluding hydrogens is 465 g/mol. The van der Waals surface area contributed by atoms with Gasteiger partial charge in [0.05, 0.1) is 6.61 Å². The number of aliphatic hydroxyl groups is 3. The molecule has 0 spiro atoms. The molecule has 4 rings (SSSR count). The van der Waals surface area contributed by atoms with Gasteiger partial charge in [-0.05, 0) is 40.3 Å². The minimum Gasteiger partial charge on any atom is -0.394 e. The van der Waals surface area contributed by atoms with E-state index in [2.05, 4.69) is 37.6 Å². The first-order chi connectivity index (χ1) is 12.9. The molecule has 0 aliphatic carbocycles. The molecule has 0 radical (unpaired) electrons. The molecule has 10 heteroatoms. The highest BCUT2D eigenvalue weighted by Gasteiger charge is 2.50. The zero-order valence-corrected chi connectivity index (χ0v) is 16.5. The van der Waals surface area contributed by atoms with Gasteiger partial charge in [-0.2, -0.15) is 0 Å². The van der Waals surface area contributed by atoms with Gasteiger partial charge in [-0.25, -0.2) is 9.98 Å². The number of nitrogens with two attached hydrogens (primary N) is 1. The minimum absolute atomic E-state index is 0.176. The van der Waals surface area contributed by atoms with E-state index in [1.54, 1.807) is 4.90 Å². The van der Waals surface area contributed by atoms with Crippen molar-refractivity contribution in [2.45, 2.75) is 36.6 Å². The van der Waals surface area contributed by atoms with Gasteiger partial charge in [-0.1, -0.05) is 12.1 Å². The van der Waals surface area contributed by atoms with Crippen molar-refractivity contribution in [2.75, 3.05) is 13.3 Å². The summed E-state index contributed by atoms with van der Waals surface area (Å²) in [5.41, 5.74) is 7.04. The normalized spacial score (nSPS) is 35.2.